The molecule has 35 heavy (non-hydrogen) atoms. The average molecular weight is 513 g/mol. The second kappa shape index (κ2) is 8.75. The van der Waals surface area contributed by atoms with Crippen molar-refractivity contribution in [1.29, 1.82) is 0 Å². The summed E-state index contributed by atoms with van der Waals surface area (Å²) in [7, 11) is 0. The number of hydrogen-bond acceptors (Lipinski definition) is 4. The standard InChI is InChI=1S/C26H19Cl2FN2O4/c27-15-10-11-19(17(28)12-15)31-23(32)20-21(24(31)33)26(25(34)35,13-14-6-2-1-3-7-14)30-22(20)16-8-4-5-9-18(16)29/h1-12,20-22,30H,13H2,(H,34,35)/t20-,21-,22-,26-/m0/s1. The molecule has 0 bridgehead atoms. The Morgan fingerprint density at radius 1 is 1.00 bits per heavy atom. The van der Waals surface area contributed by atoms with Crippen LogP contribution in [0.15, 0.2) is 72.8 Å². The van der Waals surface area contributed by atoms with Gasteiger partial charge in [0.1, 0.15) is 11.4 Å². The number of halogens is 3. The smallest absolute Gasteiger partial charge is 0.325 e. The lowest BCUT2D eigenvalue weighted by Gasteiger charge is -2.31. The quantitative estimate of drug-likeness (QED) is 0.486. The molecule has 3 aromatic rings. The minimum absolute atomic E-state index is 0.0681. The minimum atomic E-state index is -1.86. The van der Waals surface area contributed by atoms with Crippen molar-refractivity contribution in [2.24, 2.45) is 11.8 Å². The fourth-order valence-corrected chi connectivity index (χ4v) is 5.74. The Morgan fingerprint density at radius 3 is 2.34 bits per heavy atom. The predicted molar refractivity (Wildman–Crippen MR) is 129 cm³/mol. The molecule has 5 rings (SSSR count). The second-order valence-corrected chi connectivity index (χ2v) is 9.54. The topological polar surface area (TPSA) is 86.7 Å². The molecule has 2 aliphatic rings. The third-order valence-corrected chi connectivity index (χ3v) is 7.29. The maximum absolute atomic E-state index is 14.9. The van der Waals surface area contributed by atoms with Crippen LogP contribution < -0.4 is 10.2 Å². The lowest BCUT2D eigenvalue weighted by atomic mass is 9.76. The highest BCUT2D eigenvalue weighted by Crippen LogP contribution is 2.52. The van der Waals surface area contributed by atoms with Gasteiger partial charge in [0, 0.05) is 23.0 Å². The molecule has 0 saturated carbocycles. The second-order valence-electron chi connectivity index (χ2n) is 8.69. The highest BCUT2D eigenvalue weighted by atomic mass is 35.5. The summed E-state index contributed by atoms with van der Waals surface area (Å²) in [5.74, 6) is -5.74. The lowest BCUT2D eigenvalue weighted by Crippen LogP contribution is -2.57. The first-order chi connectivity index (χ1) is 16.7. The number of rotatable bonds is 5. The number of amides is 2. The molecule has 2 amide bonds. The van der Waals surface area contributed by atoms with Gasteiger partial charge in [0.15, 0.2) is 0 Å². The molecule has 0 radical (unpaired) electrons. The van der Waals surface area contributed by atoms with Crippen molar-refractivity contribution in [3.05, 3.63) is 99.8 Å². The van der Waals surface area contributed by atoms with Crippen LogP contribution in [-0.2, 0) is 20.8 Å². The number of benzene rings is 3. The lowest BCUT2D eigenvalue weighted by molar-refractivity contribution is -0.148. The van der Waals surface area contributed by atoms with E-state index in [9.17, 15) is 23.9 Å². The van der Waals surface area contributed by atoms with Gasteiger partial charge in [-0.3, -0.25) is 19.7 Å². The summed E-state index contributed by atoms with van der Waals surface area (Å²) in [6, 6.07) is 17.9. The molecule has 2 heterocycles. The number of anilines is 1. The molecular weight excluding hydrogens is 494 g/mol. The average Bonchev–Trinajstić information content (AvgIpc) is 3.29. The molecule has 9 heteroatoms. The van der Waals surface area contributed by atoms with E-state index >= 15 is 0 Å². The van der Waals surface area contributed by atoms with Crippen LogP contribution in [0, 0.1) is 17.7 Å². The van der Waals surface area contributed by atoms with Crippen LogP contribution >= 0.6 is 23.2 Å². The van der Waals surface area contributed by atoms with E-state index in [1.807, 2.05) is 0 Å². The van der Waals surface area contributed by atoms with Gasteiger partial charge >= 0.3 is 5.97 Å². The number of aliphatic carboxylic acids is 1. The van der Waals surface area contributed by atoms with E-state index in [0.717, 1.165) is 4.90 Å². The summed E-state index contributed by atoms with van der Waals surface area (Å²) in [4.78, 5) is 41.3. The zero-order valence-electron chi connectivity index (χ0n) is 18.1. The number of carbonyl (C=O) groups is 3. The summed E-state index contributed by atoms with van der Waals surface area (Å²) in [6.45, 7) is 0. The summed E-state index contributed by atoms with van der Waals surface area (Å²) in [5, 5.41) is 13.9. The number of carboxylic acid groups (broad SMARTS) is 1. The maximum Gasteiger partial charge on any atom is 0.325 e. The summed E-state index contributed by atoms with van der Waals surface area (Å²) >= 11 is 12.3. The van der Waals surface area contributed by atoms with Crippen molar-refractivity contribution < 1.29 is 23.9 Å². The Hall–Kier alpha value is -3.26. The van der Waals surface area contributed by atoms with Crippen molar-refractivity contribution >= 4 is 46.7 Å². The Balaban J connectivity index is 1.69. The molecule has 2 fully saturated rings. The molecular formula is C26H19Cl2FN2O4. The Bertz CT molecular complexity index is 1350. The molecule has 0 aliphatic carbocycles. The van der Waals surface area contributed by atoms with Gasteiger partial charge in [-0.2, -0.15) is 0 Å². The van der Waals surface area contributed by atoms with Crippen LogP contribution in [0.1, 0.15) is 17.2 Å². The van der Waals surface area contributed by atoms with Crippen molar-refractivity contribution in [2.75, 3.05) is 4.90 Å². The predicted octanol–water partition coefficient (Wildman–Crippen LogP) is 4.65. The SMILES string of the molecule is O=C1[C@H]2[C@@H](C(=O)N1c1ccc(Cl)cc1Cl)[C@@](Cc1ccccc1)(C(=O)O)N[C@H]2c1ccccc1F. The van der Waals surface area contributed by atoms with Crippen LogP contribution in [0.2, 0.25) is 10.0 Å². The van der Waals surface area contributed by atoms with E-state index in [0.29, 0.717) is 10.6 Å². The number of fused-ring (bicyclic) bond motifs is 1. The molecule has 3 aromatic carbocycles. The normalized spacial score (nSPS) is 25.7. The molecule has 0 unspecified atom stereocenters. The molecule has 2 saturated heterocycles. The largest absolute Gasteiger partial charge is 0.480 e. The first-order valence-corrected chi connectivity index (χ1v) is 11.6. The van der Waals surface area contributed by atoms with Gasteiger partial charge in [0.2, 0.25) is 11.8 Å². The number of hydrogen-bond donors (Lipinski definition) is 2. The minimum Gasteiger partial charge on any atom is -0.480 e. The van der Waals surface area contributed by atoms with Crippen molar-refractivity contribution in [3.63, 3.8) is 0 Å². The van der Waals surface area contributed by atoms with Crippen LogP contribution in [0.4, 0.5) is 10.1 Å². The van der Waals surface area contributed by atoms with E-state index < -0.39 is 47.0 Å². The van der Waals surface area contributed by atoms with Gasteiger partial charge < -0.3 is 5.11 Å². The summed E-state index contributed by atoms with van der Waals surface area (Å²) in [6.07, 6.45) is -0.0868. The number of carboxylic acids is 1. The summed E-state index contributed by atoms with van der Waals surface area (Å²) < 4.78 is 14.9. The van der Waals surface area contributed by atoms with E-state index in [-0.39, 0.29) is 22.7 Å². The molecule has 2 N–H and O–H groups in total. The zero-order valence-corrected chi connectivity index (χ0v) is 19.6. The highest BCUT2D eigenvalue weighted by molar-refractivity contribution is 6.38. The molecule has 0 spiro atoms. The van der Waals surface area contributed by atoms with Crippen LogP contribution in [0.25, 0.3) is 0 Å². The Kier molecular flexibility index (Phi) is 5.87. The van der Waals surface area contributed by atoms with Crippen LogP contribution in [0.5, 0.6) is 0 Å². The highest BCUT2D eigenvalue weighted by Gasteiger charge is 2.69. The van der Waals surface area contributed by atoms with E-state index in [2.05, 4.69) is 5.32 Å². The van der Waals surface area contributed by atoms with Crippen molar-refractivity contribution in [1.82, 2.24) is 5.32 Å². The van der Waals surface area contributed by atoms with Gasteiger partial charge in [-0.15, -0.1) is 0 Å². The number of imide groups is 1. The first-order valence-electron chi connectivity index (χ1n) is 10.9. The van der Waals surface area contributed by atoms with Gasteiger partial charge in [0.25, 0.3) is 0 Å². The van der Waals surface area contributed by atoms with Gasteiger partial charge in [-0.1, -0.05) is 71.7 Å². The molecule has 2 aliphatic heterocycles. The number of nitrogens with one attached hydrogen (secondary N) is 1. The third-order valence-electron chi connectivity index (χ3n) is 6.75. The summed E-state index contributed by atoms with van der Waals surface area (Å²) in [5.41, 5.74) is -0.992. The fraction of sp³-hybridized carbons (Fsp3) is 0.192. The van der Waals surface area contributed by atoms with Gasteiger partial charge in [-0.25, -0.2) is 9.29 Å². The number of carbonyl (C=O) groups excluding carboxylic acids is 2. The van der Waals surface area contributed by atoms with E-state index in [1.54, 1.807) is 36.4 Å². The Morgan fingerprint density at radius 2 is 1.69 bits per heavy atom. The van der Waals surface area contributed by atoms with Crippen LogP contribution in [-0.4, -0.2) is 28.4 Å². The fourth-order valence-electron chi connectivity index (χ4n) is 5.25. The first kappa shape index (κ1) is 23.5. The molecule has 178 valence electrons. The molecule has 6 nitrogen and oxygen atoms in total. The van der Waals surface area contributed by atoms with Gasteiger partial charge in [0.05, 0.1) is 22.5 Å². The monoisotopic (exact) mass is 512 g/mol. The molecule has 4 atom stereocenters. The maximum atomic E-state index is 14.9. The van der Waals surface area contributed by atoms with E-state index in [1.165, 1.54) is 36.4 Å². The molecule has 0 aromatic heterocycles. The van der Waals surface area contributed by atoms with Crippen molar-refractivity contribution in [2.45, 2.75) is 18.0 Å². The zero-order chi connectivity index (χ0) is 24.9. The van der Waals surface area contributed by atoms with Crippen LogP contribution in [0.3, 0.4) is 0 Å². The van der Waals surface area contributed by atoms with Crippen molar-refractivity contribution in [3.8, 4) is 0 Å². The third kappa shape index (κ3) is 3.71. The van der Waals surface area contributed by atoms with E-state index in [4.69, 9.17) is 23.2 Å². The number of nitrogens with zero attached hydrogens (tertiary/aromatic N) is 1. The van der Waals surface area contributed by atoms with Gasteiger partial charge in [-0.05, 0) is 29.8 Å². The Labute approximate surface area is 210 Å².